The van der Waals surface area contributed by atoms with Crippen molar-refractivity contribution in [2.24, 2.45) is 0 Å². The lowest BCUT2D eigenvalue weighted by molar-refractivity contribution is -0.126. The number of carbonyl (C=O) groups excluding carboxylic acids is 2. The van der Waals surface area contributed by atoms with Gasteiger partial charge in [-0.15, -0.1) is 0 Å². The standard InChI is InChI=1S/C15H19FN2O3/c16-12-4-1-3-11(7-12)8-14(19)18-10-15(20)17-9-13-5-2-6-21-13/h1,3-4,7,13H,2,5-6,8-10H2,(H,17,20)(H,18,19). The van der Waals surface area contributed by atoms with Gasteiger partial charge in [0, 0.05) is 13.2 Å². The highest BCUT2D eigenvalue weighted by atomic mass is 19.1. The van der Waals surface area contributed by atoms with Crippen molar-refractivity contribution in [3.05, 3.63) is 35.6 Å². The number of hydrogen-bond acceptors (Lipinski definition) is 3. The fourth-order valence-electron chi connectivity index (χ4n) is 2.17. The fourth-order valence-corrected chi connectivity index (χ4v) is 2.17. The Morgan fingerprint density at radius 3 is 2.86 bits per heavy atom. The lowest BCUT2D eigenvalue weighted by atomic mass is 10.1. The molecule has 2 N–H and O–H groups in total. The molecule has 114 valence electrons. The zero-order chi connectivity index (χ0) is 15.1. The monoisotopic (exact) mass is 294 g/mol. The molecule has 5 nitrogen and oxygen atoms in total. The largest absolute Gasteiger partial charge is 0.376 e. The van der Waals surface area contributed by atoms with Crippen molar-refractivity contribution in [1.29, 1.82) is 0 Å². The number of halogens is 1. The first-order valence-corrected chi connectivity index (χ1v) is 7.03. The Balaban J connectivity index is 1.64. The predicted molar refractivity (Wildman–Crippen MR) is 75.1 cm³/mol. The zero-order valence-corrected chi connectivity index (χ0v) is 11.7. The lowest BCUT2D eigenvalue weighted by Gasteiger charge is -2.11. The van der Waals surface area contributed by atoms with Gasteiger partial charge in [0.15, 0.2) is 0 Å². The average Bonchev–Trinajstić information content (AvgIpc) is 2.96. The molecule has 1 aromatic rings. The Labute approximate surface area is 122 Å². The van der Waals surface area contributed by atoms with E-state index >= 15 is 0 Å². The van der Waals surface area contributed by atoms with Crippen LogP contribution in [0.3, 0.4) is 0 Å². The van der Waals surface area contributed by atoms with Crippen LogP contribution in [0.2, 0.25) is 0 Å². The summed E-state index contributed by atoms with van der Waals surface area (Å²) >= 11 is 0. The molecule has 0 saturated carbocycles. The molecule has 0 aromatic heterocycles. The fraction of sp³-hybridized carbons (Fsp3) is 0.467. The molecule has 1 heterocycles. The topological polar surface area (TPSA) is 67.4 Å². The van der Waals surface area contributed by atoms with E-state index in [0.29, 0.717) is 12.1 Å². The van der Waals surface area contributed by atoms with E-state index in [1.807, 2.05) is 0 Å². The first-order chi connectivity index (χ1) is 10.1. The molecular formula is C15H19FN2O3. The first kappa shape index (κ1) is 15.4. The Hall–Kier alpha value is -1.95. The van der Waals surface area contributed by atoms with Crippen LogP contribution in [0.5, 0.6) is 0 Å². The predicted octanol–water partition coefficient (Wildman–Crippen LogP) is 0.780. The Kier molecular flexibility index (Phi) is 5.68. The van der Waals surface area contributed by atoms with Gasteiger partial charge in [0.1, 0.15) is 5.82 Å². The van der Waals surface area contributed by atoms with Crippen molar-refractivity contribution in [3.63, 3.8) is 0 Å². The van der Waals surface area contributed by atoms with Crippen LogP contribution in [0.1, 0.15) is 18.4 Å². The van der Waals surface area contributed by atoms with Crippen molar-refractivity contribution in [3.8, 4) is 0 Å². The summed E-state index contributed by atoms with van der Waals surface area (Å²) in [7, 11) is 0. The molecule has 1 unspecified atom stereocenters. The van der Waals surface area contributed by atoms with Crippen molar-refractivity contribution >= 4 is 11.8 Å². The van der Waals surface area contributed by atoms with Gasteiger partial charge in [0.2, 0.25) is 11.8 Å². The number of carbonyl (C=O) groups is 2. The normalized spacial score (nSPS) is 17.5. The summed E-state index contributed by atoms with van der Waals surface area (Å²) in [6.45, 7) is 1.13. The van der Waals surface area contributed by atoms with Crippen molar-refractivity contribution in [1.82, 2.24) is 10.6 Å². The van der Waals surface area contributed by atoms with E-state index in [0.717, 1.165) is 19.4 Å². The smallest absolute Gasteiger partial charge is 0.239 e. The molecule has 2 amide bonds. The van der Waals surface area contributed by atoms with Gasteiger partial charge in [-0.1, -0.05) is 12.1 Å². The molecule has 1 aliphatic rings. The molecule has 0 aliphatic carbocycles. The summed E-state index contributed by atoms with van der Waals surface area (Å²) in [5.41, 5.74) is 0.576. The summed E-state index contributed by atoms with van der Waals surface area (Å²) in [5.74, 6) is -0.944. The summed E-state index contributed by atoms with van der Waals surface area (Å²) < 4.78 is 18.4. The highest BCUT2D eigenvalue weighted by Gasteiger charge is 2.16. The number of amides is 2. The second-order valence-electron chi connectivity index (χ2n) is 5.02. The van der Waals surface area contributed by atoms with E-state index in [9.17, 15) is 14.0 Å². The number of rotatable bonds is 6. The molecule has 21 heavy (non-hydrogen) atoms. The molecule has 6 heteroatoms. The highest BCUT2D eigenvalue weighted by Crippen LogP contribution is 2.10. The van der Waals surface area contributed by atoms with Crippen molar-refractivity contribution in [2.75, 3.05) is 19.7 Å². The average molecular weight is 294 g/mol. The van der Waals surface area contributed by atoms with Crippen LogP contribution < -0.4 is 10.6 Å². The van der Waals surface area contributed by atoms with Gasteiger partial charge >= 0.3 is 0 Å². The molecule has 0 spiro atoms. The first-order valence-electron chi connectivity index (χ1n) is 7.03. The quantitative estimate of drug-likeness (QED) is 0.815. The van der Waals surface area contributed by atoms with Crippen LogP contribution >= 0.6 is 0 Å². The van der Waals surface area contributed by atoms with Gasteiger partial charge in [0.25, 0.3) is 0 Å². The SMILES string of the molecule is O=C(CNC(=O)Cc1cccc(F)c1)NCC1CCCO1. The van der Waals surface area contributed by atoms with Gasteiger partial charge < -0.3 is 15.4 Å². The maximum Gasteiger partial charge on any atom is 0.239 e. The summed E-state index contributed by atoms with van der Waals surface area (Å²) in [6, 6.07) is 5.84. The number of ether oxygens (including phenoxy) is 1. The molecule has 0 radical (unpaired) electrons. The second kappa shape index (κ2) is 7.73. The van der Waals surface area contributed by atoms with Gasteiger partial charge in [-0.2, -0.15) is 0 Å². The minimum Gasteiger partial charge on any atom is -0.376 e. The molecule has 1 fully saturated rings. The van der Waals surface area contributed by atoms with Crippen LogP contribution in [0, 0.1) is 5.82 Å². The molecular weight excluding hydrogens is 275 g/mol. The third-order valence-corrected chi connectivity index (χ3v) is 3.25. The Bertz CT molecular complexity index is 501. The highest BCUT2D eigenvalue weighted by molar-refractivity contribution is 5.85. The Morgan fingerprint density at radius 1 is 1.29 bits per heavy atom. The summed E-state index contributed by atoms with van der Waals surface area (Å²) in [6.07, 6.45) is 2.10. The van der Waals surface area contributed by atoms with Gasteiger partial charge in [-0.3, -0.25) is 9.59 Å². The summed E-state index contributed by atoms with van der Waals surface area (Å²) in [4.78, 5) is 23.2. The number of nitrogens with one attached hydrogen (secondary N) is 2. The lowest BCUT2D eigenvalue weighted by Crippen LogP contribution is -2.40. The zero-order valence-electron chi connectivity index (χ0n) is 11.7. The molecule has 1 aliphatic heterocycles. The van der Waals surface area contributed by atoms with Crippen LogP contribution in [0.25, 0.3) is 0 Å². The van der Waals surface area contributed by atoms with Crippen LogP contribution in [0.4, 0.5) is 4.39 Å². The van der Waals surface area contributed by atoms with E-state index in [2.05, 4.69) is 10.6 Å². The van der Waals surface area contributed by atoms with Gasteiger partial charge in [0.05, 0.1) is 19.1 Å². The molecule has 1 saturated heterocycles. The van der Waals surface area contributed by atoms with Crippen LogP contribution in [-0.2, 0) is 20.7 Å². The Morgan fingerprint density at radius 2 is 2.14 bits per heavy atom. The summed E-state index contributed by atoms with van der Waals surface area (Å²) in [5, 5.41) is 5.23. The third kappa shape index (κ3) is 5.51. The molecule has 2 rings (SSSR count). The third-order valence-electron chi connectivity index (χ3n) is 3.25. The van der Waals surface area contributed by atoms with E-state index in [1.165, 1.54) is 12.1 Å². The minimum absolute atomic E-state index is 0.0524. The number of hydrogen-bond donors (Lipinski definition) is 2. The van der Waals surface area contributed by atoms with Gasteiger partial charge in [-0.25, -0.2) is 4.39 Å². The van der Waals surface area contributed by atoms with E-state index < -0.39 is 0 Å². The number of benzene rings is 1. The van der Waals surface area contributed by atoms with Crippen molar-refractivity contribution in [2.45, 2.75) is 25.4 Å². The van der Waals surface area contributed by atoms with Crippen molar-refractivity contribution < 1.29 is 18.7 Å². The van der Waals surface area contributed by atoms with E-state index in [-0.39, 0.29) is 36.7 Å². The van der Waals surface area contributed by atoms with Gasteiger partial charge in [-0.05, 0) is 30.5 Å². The molecule has 1 aromatic carbocycles. The van der Waals surface area contributed by atoms with Crippen LogP contribution in [0.15, 0.2) is 24.3 Å². The minimum atomic E-state index is -0.380. The molecule has 1 atom stereocenters. The maximum atomic E-state index is 13.0. The van der Waals surface area contributed by atoms with E-state index in [4.69, 9.17) is 4.74 Å². The van der Waals surface area contributed by atoms with E-state index in [1.54, 1.807) is 12.1 Å². The maximum absolute atomic E-state index is 13.0. The molecule has 0 bridgehead atoms. The second-order valence-corrected chi connectivity index (χ2v) is 5.02. The van der Waals surface area contributed by atoms with Crippen LogP contribution in [-0.4, -0.2) is 37.6 Å².